The molecule has 0 N–H and O–H groups in total. The number of hydrogen-bond acceptors (Lipinski definition) is 3. The molecule has 4 heteroatoms. The van der Waals surface area contributed by atoms with Gasteiger partial charge in [-0.25, -0.2) is 0 Å². The van der Waals surface area contributed by atoms with Gasteiger partial charge in [0.05, 0.1) is 6.61 Å². The summed E-state index contributed by atoms with van der Waals surface area (Å²) in [6.45, 7) is 10.4. The summed E-state index contributed by atoms with van der Waals surface area (Å²) in [5.74, 6) is -0.0695. The van der Waals surface area contributed by atoms with Gasteiger partial charge in [0, 0.05) is 30.1 Å². The van der Waals surface area contributed by atoms with E-state index in [0.29, 0.717) is 19.1 Å². The van der Waals surface area contributed by atoms with E-state index >= 15 is 0 Å². The number of esters is 1. The molecule has 0 saturated heterocycles. The molecule has 0 aliphatic carbocycles. The van der Waals surface area contributed by atoms with Crippen molar-refractivity contribution in [2.24, 2.45) is 0 Å². The molecule has 2 aromatic carbocycles. The van der Waals surface area contributed by atoms with Crippen molar-refractivity contribution in [1.82, 2.24) is 0 Å². The van der Waals surface area contributed by atoms with Crippen molar-refractivity contribution >= 4 is 39.4 Å². The molecule has 2 aromatic rings. The third kappa shape index (κ3) is 4.31. The number of ether oxygens (including phenoxy) is 1. The molecule has 0 fully saturated rings. The molecule has 0 amide bonds. The zero-order valence-corrected chi connectivity index (χ0v) is 18.7. The fourth-order valence-electron chi connectivity index (χ4n) is 4.26. The van der Waals surface area contributed by atoms with Crippen LogP contribution in [0.1, 0.15) is 58.9 Å². The minimum absolute atomic E-state index is 0. The molecule has 1 aliphatic heterocycles. The van der Waals surface area contributed by atoms with Gasteiger partial charge in [0.2, 0.25) is 0 Å². The predicted molar refractivity (Wildman–Crippen MR) is 119 cm³/mol. The predicted octanol–water partition coefficient (Wildman–Crippen LogP) is 6.03. The number of anilines is 1. The van der Waals surface area contributed by atoms with Gasteiger partial charge < -0.3 is 9.64 Å². The molecule has 3 nitrogen and oxygen atoms in total. The molecule has 1 atom stereocenters. The van der Waals surface area contributed by atoms with Crippen LogP contribution in [0.4, 0.5) is 5.69 Å². The quantitative estimate of drug-likeness (QED) is 0.394. The van der Waals surface area contributed by atoms with E-state index in [9.17, 15) is 4.79 Å². The van der Waals surface area contributed by atoms with Crippen molar-refractivity contribution < 1.29 is 9.53 Å². The summed E-state index contributed by atoms with van der Waals surface area (Å²) in [5.41, 5.74) is 2.99. The maximum Gasteiger partial charge on any atom is 0.305 e. The third-order valence-electron chi connectivity index (χ3n) is 5.96. The lowest BCUT2D eigenvalue weighted by molar-refractivity contribution is -0.143. The van der Waals surface area contributed by atoms with Gasteiger partial charge in [-0.3, -0.25) is 4.79 Å². The van der Waals surface area contributed by atoms with Gasteiger partial charge in [-0.1, -0.05) is 50.6 Å². The summed E-state index contributed by atoms with van der Waals surface area (Å²) >= 11 is 0. The van der Waals surface area contributed by atoms with Gasteiger partial charge in [-0.15, -0.1) is 17.0 Å². The maximum absolute atomic E-state index is 11.5. The molecule has 0 radical (unpaired) electrons. The van der Waals surface area contributed by atoms with Crippen molar-refractivity contribution in [2.75, 3.05) is 18.1 Å². The summed E-state index contributed by atoms with van der Waals surface area (Å²) in [4.78, 5) is 14.0. The summed E-state index contributed by atoms with van der Waals surface area (Å²) in [7, 11) is 0. The number of hydrogen-bond donors (Lipinski definition) is 0. The summed E-state index contributed by atoms with van der Waals surface area (Å²) in [5, 5.41) is 2.70. The second kappa shape index (κ2) is 9.09. The normalized spacial score (nSPS) is 17.5. The molecule has 27 heavy (non-hydrogen) atoms. The lowest BCUT2D eigenvalue weighted by Crippen LogP contribution is -2.39. The van der Waals surface area contributed by atoms with Crippen LogP contribution < -0.4 is 4.90 Å². The van der Waals surface area contributed by atoms with Gasteiger partial charge in [0.25, 0.3) is 0 Å². The summed E-state index contributed by atoms with van der Waals surface area (Å²) in [6, 6.07) is 13.7. The molecular formula is C23H32BrNO2. The zero-order chi connectivity index (χ0) is 18.7. The first-order valence-corrected chi connectivity index (χ1v) is 9.91. The van der Waals surface area contributed by atoms with Crippen molar-refractivity contribution in [1.29, 1.82) is 0 Å². The number of fused-ring (bicyclic) bond motifs is 3. The highest BCUT2D eigenvalue weighted by atomic mass is 79.9. The van der Waals surface area contributed by atoms with Crippen molar-refractivity contribution in [2.45, 2.75) is 64.8 Å². The maximum atomic E-state index is 11.5. The van der Waals surface area contributed by atoms with E-state index in [4.69, 9.17) is 4.74 Å². The highest BCUT2D eigenvalue weighted by Gasteiger charge is 2.42. The first-order chi connectivity index (χ1) is 12.5. The van der Waals surface area contributed by atoms with E-state index in [-0.39, 0.29) is 28.4 Å². The molecule has 0 saturated carbocycles. The second-order valence-electron chi connectivity index (χ2n) is 7.89. The molecule has 1 unspecified atom stereocenters. The zero-order valence-electron chi connectivity index (χ0n) is 17.0. The number of unbranched alkanes of at least 4 members (excludes halogenated alkanes) is 2. The van der Waals surface area contributed by atoms with Crippen LogP contribution in [0.25, 0.3) is 10.8 Å². The number of rotatable bonds is 7. The van der Waals surface area contributed by atoms with E-state index < -0.39 is 0 Å². The van der Waals surface area contributed by atoms with Crippen LogP contribution in [0, 0.1) is 0 Å². The number of carbonyl (C=O) groups is 1. The van der Waals surface area contributed by atoms with Crippen molar-refractivity contribution in [3.05, 3.63) is 42.0 Å². The van der Waals surface area contributed by atoms with E-state index in [2.05, 4.69) is 62.1 Å². The number of nitrogens with zero attached hydrogens (tertiary/aromatic N) is 1. The average molecular weight is 434 g/mol. The minimum atomic E-state index is -0.0695. The highest BCUT2D eigenvalue weighted by Crippen LogP contribution is 2.48. The Kier molecular flexibility index (Phi) is 7.32. The SMILES string of the molecule is Br.CCOC(=O)CCCCCN1c2ccc3ccccc3c2C(C)(C)C1C. The molecule has 1 aliphatic rings. The highest BCUT2D eigenvalue weighted by molar-refractivity contribution is 8.93. The Morgan fingerprint density at radius 3 is 2.59 bits per heavy atom. The minimum Gasteiger partial charge on any atom is -0.466 e. The Morgan fingerprint density at radius 2 is 1.85 bits per heavy atom. The van der Waals surface area contributed by atoms with Crippen molar-refractivity contribution in [3.8, 4) is 0 Å². The monoisotopic (exact) mass is 433 g/mol. The van der Waals surface area contributed by atoms with Crippen LogP contribution in [-0.2, 0) is 14.9 Å². The number of carbonyl (C=O) groups excluding carboxylic acids is 1. The molecule has 0 aromatic heterocycles. The topological polar surface area (TPSA) is 29.5 Å². The van der Waals surface area contributed by atoms with Gasteiger partial charge in [0.1, 0.15) is 0 Å². The fourth-order valence-corrected chi connectivity index (χ4v) is 4.26. The van der Waals surface area contributed by atoms with Crippen molar-refractivity contribution in [3.63, 3.8) is 0 Å². The molecule has 3 rings (SSSR count). The summed E-state index contributed by atoms with van der Waals surface area (Å²) < 4.78 is 5.00. The first kappa shape index (κ1) is 21.7. The van der Waals surface area contributed by atoms with Crippen LogP contribution in [0.15, 0.2) is 36.4 Å². The van der Waals surface area contributed by atoms with Gasteiger partial charge >= 0.3 is 5.97 Å². The van der Waals surface area contributed by atoms with Gasteiger partial charge in [-0.05, 0) is 49.1 Å². The van der Waals surface area contributed by atoms with Crippen LogP contribution >= 0.6 is 17.0 Å². The molecule has 0 bridgehead atoms. The first-order valence-electron chi connectivity index (χ1n) is 9.91. The Hall–Kier alpha value is -1.55. The number of benzene rings is 2. The molecule has 1 heterocycles. The van der Waals surface area contributed by atoms with E-state index in [0.717, 1.165) is 25.8 Å². The number of halogens is 1. The second-order valence-corrected chi connectivity index (χ2v) is 7.89. The van der Waals surface area contributed by atoms with Gasteiger partial charge in [-0.2, -0.15) is 0 Å². The lowest BCUT2D eigenvalue weighted by Gasteiger charge is -2.31. The Bertz CT molecular complexity index is 787. The molecule has 148 valence electrons. The van der Waals surface area contributed by atoms with E-state index in [1.54, 1.807) is 0 Å². The van der Waals surface area contributed by atoms with Crippen LogP contribution in [0.3, 0.4) is 0 Å². The van der Waals surface area contributed by atoms with Crippen LogP contribution in [-0.4, -0.2) is 25.2 Å². The van der Waals surface area contributed by atoms with E-state index in [1.807, 2.05) is 6.92 Å². The van der Waals surface area contributed by atoms with Gasteiger partial charge in [0.15, 0.2) is 0 Å². The fraction of sp³-hybridized carbons (Fsp3) is 0.522. The lowest BCUT2D eigenvalue weighted by atomic mass is 9.79. The third-order valence-corrected chi connectivity index (χ3v) is 5.96. The van der Waals surface area contributed by atoms with Crippen LogP contribution in [0.2, 0.25) is 0 Å². The average Bonchev–Trinajstić information content (AvgIpc) is 2.82. The largest absolute Gasteiger partial charge is 0.466 e. The molecule has 0 spiro atoms. The Balaban J connectivity index is 0.00000261. The Morgan fingerprint density at radius 1 is 1.11 bits per heavy atom. The Labute approximate surface area is 173 Å². The molecular weight excluding hydrogens is 402 g/mol. The summed E-state index contributed by atoms with van der Waals surface area (Å²) in [6.07, 6.45) is 3.61. The van der Waals surface area contributed by atoms with Crippen LogP contribution in [0.5, 0.6) is 0 Å². The smallest absolute Gasteiger partial charge is 0.305 e. The standard InChI is InChI=1S/C23H31NO2.BrH/c1-5-26-21(25)13-7-6-10-16-24-17(2)23(3,4)22-19-12-9-8-11-18(19)14-15-20(22)24;/h8-9,11-12,14-15,17H,5-7,10,13,16H2,1-4H3;1H. The van der Waals surface area contributed by atoms with E-state index in [1.165, 1.54) is 22.0 Å².